The summed E-state index contributed by atoms with van der Waals surface area (Å²) in [6.45, 7) is 0.467. The number of imidazole rings is 1. The third kappa shape index (κ3) is 4.58. The standard InChI is InChI=1S/C26H23FN4O3/c27-19-10-8-17(9-11-19)25-24(22-7-4-13-28-30-22)29-26(18-5-2-1-3-6-18)31(25)14-12-21-15-20(32)16-23(33)34-21/h1-11,13,20-21,32H,12,14-16H2/t20-,21-/m1/s1. The summed E-state index contributed by atoms with van der Waals surface area (Å²) < 4.78 is 21.3. The highest BCUT2D eigenvalue weighted by molar-refractivity contribution is 5.80. The Morgan fingerprint density at radius 2 is 1.82 bits per heavy atom. The molecule has 3 heterocycles. The SMILES string of the molecule is O=C1C[C@H](O)C[C@@H](CCn2c(-c3ccccc3)nc(-c3cccnn3)c2-c2ccc(F)cc2)O1. The quantitative estimate of drug-likeness (QED) is 0.434. The summed E-state index contributed by atoms with van der Waals surface area (Å²) in [6.07, 6.45) is 1.41. The molecular weight excluding hydrogens is 435 g/mol. The van der Waals surface area contributed by atoms with Gasteiger partial charge in [0.05, 0.1) is 18.2 Å². The van der Waals surface area contributed by atoms with Gasteiger partial charge in [-0.1, -0.05) is 30.3 Å². The number of benzene rings is 2. The Morgan fingerprint density at radius 3 is 2.53 bits per heavy atom. The number of esters is 1. The van der Waals surface area contributed by atoms with Crippen LogP contribution in [0.2, 0.25) is 0 Å². The molecule has 2 atom stereocenters. The van der Waals surface area contributed by atoms with Gasteiger partial charge < -0.3 is 14.4 Å². The molecule has 1 fully saturated rings. The van der Waals surface area contributed by atoms with Crippen LogP contribution in [0.4, 0.5) is 4.39 Å². The molecule has 0 radical (unpaired) electrons. The Hall–Kier alpha value is -3.91. The summed E-state index contributed by atoms with van der Waals surface area (Å²) in [4.78, 5) is 16.8. The van der Waals surface area contributed by atoms with Gasteiger partial charge in [-0.2, -0.15) is 5.10 Å². The zero-order valence-electron chi connectivity index (χ0n) is 18.3. The minimum Gasteiger partial charge on any atom is -0.462 e. The Balaban J connectivity index is 1.64. The number of ether oxygens (including phenoxy) is 1. The van der Waals surface area contributed by atoms with Crippen molar-refractivity contribution in [2.45, 2.75) is 38.0 Å². The molecule has 1 saturated heterocycles. The third-order valence-electron chi connectivity index (χ3n) is 5.84. The second kappa shape index (κ2) is 9.52. The van der Waals surface area contributed by atoms with Crippen molar-refractivity contribution in [2.24, 2.45) is 0 Å². The van der Waals surface area contributed by atoms with Gasteiger partial charge in [-0.05, 0) is 36.4 Å². The van der Waals surface area contributed by atoms with Crippen molar-refractivity contribution in [1.82, 2.24) is 19.7 Å². The summed E-state index contributed by atoms with van der Waals surface area (Å²) in [5, 5.41) is 18.3. The number of aromatic nitrogens is 4. The highest BCUT2D eigenvalue weighted by atomic mass is 19.1. The van der Waals surface area contributed by atoms with Gasteiger partial charge in [0.1, 0.15) is 29.1 Å². The van der Waals surface area contributed by atoms with Gasteiger partial charge in [-0.25, -0.2) is 9.37 Å². The van der Waals surface area contributed by atoms with Crippen LogP contribution in [0.3, 0.4) is 0 Å². The van der Waals surface area contributed by atoms with Crippen LogP contribution in [0.25, 0.3) is 34.0 Å². The molecule has 0 bridgehead atoms. The van der Waals surface area contributed by atoms with Crippen LogP contribution in [-0.4, -0.2) is 43.0 Å². The molecule has 4 aromatic rings. The first-order valence-electron chi connectivity index (χ1n) is 11.2. The van der Waals surface area contributed by atoms with Crippen LogP contribution in [0.5, 0.6) is 0 Å². The molecule has 0 amide bonds. The van der Waals surface area contributed by atoms with Crippen LogP contribution in [0.1, 0.15) is 19.3 Å². The molecule has 8 heteroatoms. The Bertz CT molecular complexity index is 1280. The maximum Gasteiger partial charge on any atom is 0.308 e. The fourth-order valence-electron chi connectivity index (χ4n) is 4.30. The van der Waals surface area contributed by atoms with E-state index in [9.17, 15) is 14.3 Å². The zero-order chi connectivity index (χ0) is 23.5. The molecule has 2 aromatic heterocycles. The highest BCUT2D eigenvalue weighted by Crippen LogP contribution is 2.36. The Kier molecular flexibility index (Phi) is 6.14. The number of rotatable bonds is 6. The summed E-state index contributed by atoms with van der Waals surface area (Å²) in [5.41, 5.74) is 3.66. The second-order valence-electron chi connectivity index (χ2n) is 8.26. The number of cyclic esters (lactones) is 1. The average molecular weight is 458 g/mol. The summed E-state index contributed by atoms with van der Waals surface area (Å²) in [5.74, 6) is -0.0119. The van der Waals surface area contributed by atoms with E-state index in [1.807, 2.05) is 41.0 Å². The van der Waals surface area contributed by atoms with Crippen LogP contribution in [0, 0.1) is 5.82 Å². The first-order chi connectivity index (χ1) is 16.6. The van der Waals surface area contributed by atoms with Gasteiger partial charge >= 0.3 is 5.97 Å². The van der Waals surface area contributed by atoms with E-state index >= 15 is 0 Å². The van der Waals surface area contributed by atoms with Gasteiger partial charge in [0, 0.05) is 36.7 Å². The maximum atomic E-state index is 13.7. The van der Waals surface area contributed by atoms with E-state index in [4.69, 9.17) is 9.72 Å². The molecule has 7 nitrogen and oxygen atoms in total. The predicted molar refractivity (Wildman–Crippen MR) is 124 cm³/mol. The molecule has 34 heavy (non-hydrogen) atoms. The van der Waals surface area contributed by atoms with Crippen LogP contribution >= 0.6 is 0 Å². The lowest BCUT2D eigenvalue weighted by Gasteiger charge is -2.26. The van der Waals surface area contributed by atoms with Gasteiger partial charge in [0.25, 0.3) is 0 Å². The van der Waals surface area contributed by atoms with Crippen molar-refractivity contribution in [3.63, 3.8) is 0 Å². The van der Waals surface area contributed by atoms with Crippen molar-refractivity contribution < 1.29 is 19.0 Å². The minimum absolute atomic E-state index is 0.0223. The lowest BCUT2D eigenvalue weighted by Crippen LogP contribution is -2.33. The van der Waals surface area contributed by atoms with E-state index in [1.54, 1.807) is 24.4 Å². The number of aliphatic hydroxyl groups excluding tert-OH is 1. The van der Waals surface area contributed by atoms with Gasteiger partial charge in [0.2, 0.25) is 0 Å². The van der Waals surface area contributed by atoms with Crippen LogP contribution < -0.4 is 0 Å². The van der Waals surface area contributed by atoms with E-state index in [2.05, 4.69) is 10.2 Å². The minimum atomic E-state index is -0.700. The Morgan fingerprint density at radius 1 is 1.03 bits per heavy atom. The van der Waals surface area contributed by atoms with E-state index in [0.717, 1.165) is 16.8 Å². The zero-order valence-corrected chi connectivity index (χ0v) is 18.3. The lowest BCUT2D eigenvalue weighted by molar-refractivity contribution is -0.160. The smallest absolute Gasteiger partial charge is 0.308 e. The van der Waals surface area contributed by atoms with Crippen LogP contribution in [-0.2, 0) is 16.1 Å². The topological polar surface area (TPSA) is 90.1 Å². The molecule has 172 valence electrons. The number of halogens is 1. The van der Waals surface area contributed by atoms with Crippen LogP contribution in [0.15, 0.2) is 72.9 Å². The summed E-state index contributed by atoms with van der Waals surface area (Å²) in [7, 11) is 0. The third-order valence-corrected chi connectivity index (χ3v) is 5.84. The number of aliphatic hydroxyl groups is 1. The van der Waals surface area contributed by atoms with Crippen molar-refractivity contribution in [1.29, 1.82) is 0 Å². The van der Waals surface area contributed by atoms with Gasteiger partial charge in [0.15, 0.2) is 0 Å². The molecule has 2 aromatic carbocycles. The normalized spacial score (nSPS) is 18.0. The number of hydrogen-bond donors (Lipinski definition) is 1. The number of hydrogen-bond acceptors (Lipinski definition) is 6. The predicted octanol–water partition coefficient (Wildman–Crippen LogP) is 4.27. The molecule has 0 spiro atoms. The Labute approximate surface area is 195 Å². The largest absolute Gasteiger partial charge is 0.462 e. The van der Waals surface area contributed by atoms with Gasteiger partial charge in [-0.15, -0.1) is 5.10 Å². The summed E-state index contributed by atoms with van der Waals surface area (Å²) >= 11 is 0. The van der Waals surface area contributed by atoms with Crippen molar-refractivity contribution >= 4 is 5.97 Å². The number of carbonyl (C=O) groups is 1. The molecule has 1 aliphatic heterocycles. The van der Waals surface area contributed by atoms with E-state index in [0.29, 0.717) is 36.6 Å². The number of nitrogens with zero attached hydrogens (tertiary/aromatic N) is 4. The van der Waals surface area contributed by atoms with Gasteiger partial charge in [-0.3, -0.25) is 4.79 Å². The molecule has 5 rings (SSSR count). The number of carbonyl (C=O) groups excluding carboxylic acids is 1. The monoisotopic (exact) mass is 458 g/mol. The van der Waals surface area contributed by atoms with Crippen molar-refractivity contribution in [2.75, 3.05) is 0 Å². The van der Waals surface area contributed by atoms with Crippen molar-refractivity contribution in [3.8, 4) is 34.0 Å². The molecular formula is C26H23FN4O3. The first-order valence-corrected chi connectivity index (χ1v) is 11.2. The van der Waals surface area contributed by atoms with E-state index < -0.39 is 18.2 Å². The molecule has 1 N–H and O–H groups in total. The first kappa shape index (κ1) is 21.9. The summed E-state index contributed by atoms with van der Waals surface area (Å²) in [6, 6.07) is 19.6. The maximum absolute atomic E-state index is 13.7. The molecule has 1 aliphatic rings. The fraction of sp³-hybridized carbons (Fsp3) is 0.231. The average Bonchev–Trinajstić information content (AvgIpc) is 3.23. The van der Waals surface area contributed by atoms with Crippen molar-refractivity contribution in [3.05, 3.63) is 78.7 Å². The fourth-order valence-corrected chi connectivity index (χ4v) is 4.30. The van der Waals surface area contributed by atoms with E-state index in [1.165, 1.54) is 12.1 Å². The lowest BCUT2D eigenvalue weighted by atomic mass is 10.0. The molecule has 0 unspecified atom stereocenters. The highest BCUT2D eigenvalue weighted by Gasteiger charge is 2.28. The van der Waals surface area contributed by atoms with E-state index in [-0.39, 0.29) is 12.2 Å². The molecule has 0 aliphatic carbocycles. The second-order valence-corrected chi connectivity index (χ2v) is 8.26. The molecule has 0 saturated carbocycles.